The van der Waals surface area contributed by atoms with Crippen LogP contribution in [-0.4, -0.2) is 33.8 Å². The van der Waals surface area contributed by atoms with Gasteiger partial charge in [-0.15, -0.1) is 0 Å². The minimum Gasteiger partial charge on any atom is -0.496 e. The molecule has 5 nitrogen and oxygen atoms in total. The molecule has 0 bridgehead atoms. The van der Waals surface area contributed by atoms with E-state index in [0.29, 0.717) is 30.9 Å². The fourth-order valence-electron chi connectivity index (χ4n) is 2.82. The lowest BCUT2D eigenvalue weighted by atomic mass is 10.1. The van der Waals surface area contributed by atoms with E-state index in [1.165, 1.54) is 5.56 Å². The topological polar surface area (TPSA) is 56.8 Å². The average Bonchev–Trinajstić information content (AvgIpc) is 2.66. The van der Waals surface area contributed by atoms with Gasteiger partial charge in [-0.3, -0.25) is 4.79 Å². The highest BCUT2D eigenvalue weighted by Crippen LogP contribution is 2.28. The second kappa shape index (κ2) is 9.70. The van der Waals surface area contributed by atoms with Gasteiger partial charge in [0.25, 0.3) is 0 Å². The molecule has 2 rings (SSSR count). The number of carbonyl (C=O) groups excluding carboxylic acids is 1. The second-order valence-electron chi connectivity index (χ2n) is 6.10. The fourth-order valence-corrected chi connectivity index (χ4v) is 2.82. The summed E-state index contributed by atoms with van der Waals surface area (Å²) >= 11 is 0. The van der Waals surface area contributed by atoms with Crippen LogP contribution in [0.3, 0.4) is 0 Å². The third-order valence-electron chi connectivity index (χ3n) is 4.24. The summed E-state index contributed by atoms with van der Waals surface area (Å²) in [6.45, 7) is 2.63. The highest BCUT2D eigenvalue weighted by molar-refractivity contribution is 5.76. The first-order valence-electron chi connectivity index (χ1n) is 8.68. The second-order valence-corrected chi connectivity index (χ2v) is 6.10. The molecule has 0 spiro atoms. The van der Waals surface area contributed by atoms with Crippen LogP contribution in [0.2, 0.25) is 0 Å². The van der Waals surface area contributed by atoms with E-state index in [1.54, 1.807) is 21.3 Å². The van der Waals surface area contributed by atoms with E-state index < -0.39 is 0 Å². The van der Waals surface area contributed by atoms with Crippen molar-refractivity contribution in [3.05, 3.63) is 53.1 Å². The van der Waals surface area contributed by atoms with Crippen LogP contribution in [0.15, 0.2) is 36.4 Å². The monoisotopic (exact) mass is 357 g/mol. The van der Waals surface area contributed by atoms with Crippen molar-refractivity contribution in [2.45, 2.75) is 26.2 Å². The highest BCUT2D eigenvalue weighted by Gasteiger charge is 2.08. The highest BCUT2D eigenvalue weighted by atomic mass is 16.5. The molecule has 0 aliphatic heterocycles. The molecule has 1 amide bonds. The number of rotatable bonds is 9. The van der Waals surface area contributed by atoms with Crippen molar-refractivity contribution in [1.82, 2.24) is 5.32 Å². The molecule has 2 aromatic carbocycles. The zero-order valence-electron chi connectivity index (χ0n) is 15.9. The van der Waals surface area contributed by atoms with Gasteiger partial charge >= 0.3 is 0 Å². The first-order valence-corrected chi connectivity index (χ1v) is 8.68. The lowest BCUT2D eigenvalue weighted by Gasteiger charge is -2.11. The zero-order chi connectivity index (χ0) is 18.9. The maximum Gasteiger partial charge on any atom is 0.220 e. The maximum atomic E-state index is 12.1. The minimum atomic E-state index is 0.0337. The van der Waals surface area contributed by atoms with Crippen LogP contribution in [0.25, 0.3) is 0 Å². The number of hydrogen-bond acceptors (Lipinski definition) is 4. The van der Waals surface area contributed by atoms with E-state index in [2.05, 4.69) is 11.4 Å². The van der Waals surface area contributed by atoms with Crippen molar-refractivity contribution < 1.29 is 19.0 Å². The molecule has 0 saturated carbocycles. The molecule has 0 atom stereocenters. The summed E-state index contributed by atoms with van der Waals surface area (Å²) in [7, 11) is 4.87. The lowest BCUT2D eigenvalue weighted by Crippen LogP contribution is -2.26. The van der Waals surface area contributed by atoms with Crippen molar-refractivity contribution in [3.8, 4) is 17.2 Å². The number of benzene rings is 2. The summed E-state index contributed by atoms with van der Waals surface area (Å²) in [5.41, 5.74) is 3.33. The van der Waals surface area contributed by atoms with Crippen LogP contribution in [-0.2, 0) is 17.6 Å². The molecule has 0 fully saturated rings. The van der Waals surface area contributed by atoms with Gasteiger partial charge in [0.15, 0.2) is 11.5 Å². The quantitative estimate of drug-likeness (QED) is 0.748. The standard InChI is InChI=1S/C21H27NO4/c1-15-5-8-18(24-2)17(13-15)11-12-22-21(23)10-7-16-6-9-19(25-3)20(14-16)26-4/h5-6,8-9,13-14H,7,10-12H2,1-4H3,(H,22,23). The Labute approximate surface area is 155 Å². The van der Waals surface area contributed by atoms with Crippen molar-refractivity contribution in [3.63, 3.8) is 0 Å². The summed E-state index contributed by atoms with van der Waals surface area (Å²) in [6, 6.07) is 11.8. The van der Waals surface area contributed by atoms with Gasteiger partial charge in [-0.1, -0.05) is 23.8 Å². The number of hydrogen-bond donors (Lipinski definition) is 1. The van der Waals surface area contributed by atoms with E-state index in [4.69, 9.17) is 14.2 Å². The van der Waals surface area contributed by atoms with Gasteiger partial charge in [-0.25, -0.2) is 0 Å². The molecule has 1 N–H and O–H groups in total. The maximum absolute atomic E-state index is 12.1. The van der Waals surface area contributed by atoms with Crippen LogP contribution in [0.5, 0.6) is 17.2 Å². The molecule has 0 aromatic heterocycles. The molecule has 0 aliphatic rings. The van der Waals surface area contributed by atoms with E-state index in [1.807, 2.05) is 37.3 Å². The Morgan fingerprint density at radius 3 is 2.27 bits per heavy atom. The van der Waals surface area contributed by atoms with Gasteiger partial charge in [0.05, 0.1) is 21.3 Å². The predicted molar refractivity (Wildman–Crippen MR) is 102 cm³/mol. The van der Waals surface area contributed by atoms with Gasteiger partial charge in [-0.05, 0) is 49.1 Å². The van der Waals surface area contributed by atoms with Crippen LogP contribution >= 0.6 is 0 Å². The molecule has 26 heavy (non-hydrogen) atoms. The van der Waals surface area contributed by atoms with Gasteiger partial charge < -0.3 is 19.5 Å². The van der Waals surface area contributed by atoms with Gasteiger partial charge in [0, 0.05) is 13.0 Å². The van der Waals surface area contributed by atoms with E-state index >= 15 is 0 Å². The number of ether oxygens (including phenoxy) is 3. The van der Waals surface area contributed by atoms with Crippen LogP contribution in [0.1, 0.15) is 23.1 Å². The van der Waals surface area contributed by atoms with Crippen LogP contribution in [0.4, 0.5) is 0 Å². The minimum absolute atomic E-state index is 0.0337. The molecule has 140 valence electrons. The Morgan fingerprint density at radius 2 is 1.58 bits per heavy atom. The number of methoxy groups -OCH3 is 3. The number of aryl methyl sites for hydroxylation is 2. The number of carbonyl (C=O) groups is 1. The normalized spacial score (nSPS) is 10.3. The van der Waals surface area contributed by atoms with Crippen molar-refractivity contribution in [2.24, 2.45) is 0 Å². The Balaban J connectivity index is 1.82. The lowest BCUT2D eigenvalue weighted by molar-refractivity contribution is -0.121. The Kier molecular flexibility index (Phi) is 7.33. The number of nitrogens with one attached hydrogen (secondary N) is 1. The molecule has 0 radical (unpaired) electrons. The van der Waals surface area contributed by atoms with Crippen LogP contribution < -0.4 is 19.5 Å². The van der Waals surface area contributed by atoms with Crippen molar-refractivity contribution in [1.29, 1.82) is 0 Å². The third-order valence-corrected chi connectivity index (χ3v) is 4.24. The van der Waals surface area contributed by atoms with E-state index in [9.17, 15) is 4.79 Å². The van der Waals surface area contributed by atoms with Gasteiger partial charge in [0.1, 0.15) is 5.75 Å². The van der Waals surface area contributed by atoms with Crippen molar-refractivity contribution in [2.75, 3.05) is 27.9 Å². The third kappa shape index (κ3) is 5.41. The Hall–Kier alpha value is -2.69. The molecule has 2 aromatic rings. The molecular formula is C21H27NO4. The molecule has 0 aliphatic carbocycles. The first-order chi connectivity index (χ1) is 12.6. The summed E-state index contributed by atoms with van der Waals surface area (Å²) < 4.78 is 15.9. The summed E-state index contributed by atoms with van der Waals surface area (Å²) in [4.78, 5) is 12.1. The van der Waals surface area contributed by atoms with Gasteiger partial charge in [0.2, 0.25) is 5.91 Å². The molecule has 0 heterocycles. The molecule has 5 heteroatoms. The molecular weight excluding hydrogens is 330 g/mol. The smallest absolute Gasteiger partial charge is 0.220 e. The van der Waals surface area contributed by atoms with E-state index in [-0.39, 0.29) is 5.91 Å². The van der Waals surface area contributed by atoms with Crippen molar-refractivity contribution >= 4 is 5.91 Å². The van der Waals surface area contributed by atoms with Crippen LogP contribution in [0, 0.1) is 6.92 Å². The zero-order valence-corrected chi connectivity index (χ0v) is 15.9. The molecule has 0 saturated heterocycles. The summed E-state index contributed by atoms with van der Waals surface area (Å²) in [5, 5.41) is 2.97. The fraction of sp³-hybridized carbons (Fsp3) is 0.381. The van der Waals surface area contributed by atoms with Gasteiger partial charge in [-0.2, -0.15) is 0 Å². The molecule has 0 unspecified atom stereocenters. The Morgan fingerprint density at radius 1 is 0.885 bits per heavy atom. The van der Waals surface area contributed by atoms with E-state index in [0.717, 1.165) is 23.3 Å². The first kappa shape index (κ1) is 19.6. The average molecular weight is 357 g/mol. The SMILES string of the molecule is COc1ccc(C)cc1CCNC(=O)CCc1ccc(OC)c(OC)c1. The Bertz CT molecular complexity index is 743. The summed E-state index contributed by atoms with van der Waals surface area (Å²) in [6.07, 6.45) is 1.83. The largest absolute Gasteiger partial charge is 0.496 e. The predicted octanol–water partition coefficient (Wildman–Crippen LogP) is 3.31. The summed E-state index contributed by atoms with van der Waals surface area (Å²) in [5.74, 6) is 2.26. The number of amides is 1.